The summed E-state index contributed by atoms with van der Waals surface area (Å²) < 4.78 is 20.4. The molecule has 0 unspecified atom stereocenters. The van der Waals surface area contributed by atoms with Crippen molar-refractivity contribution in [1.82, 2.24) is 25.6 Å². The van der Waals surface area contributed by atoms with Crippen molar-refractivity contribution in [3.05, 3.63) is 89.7 Å². The van der Waals surface area contributed by atoms with Crippen LogP contribution in [0.1, 0.15) is 26.5 Å². The van der Waals surface area contributed by atoms with Gasteiger partial charge in [-0.1, -0.05) is 23.9 Å². The van der Waals surface area contributed by atoms with Crippen molar-refractivity contribution in [3.8, 4) is 11.3 Å². The molecule has 2 aromatic carbocycles. The van der Waals surface area contributed by atoms with Crippen molar-refractivity contribution in [2.75, 3.05) is 0 Å². The lowest BCUT2D eigenvalue weighted by Gasteiger charge is -2.07. The number of carbonyl (C=O) groups is 2. The Labute approximate surface area is 186 Å². The summed E-state index contributed by atoms with van der Waals surface area (Å²) in [6, 6.07) is 15.8. The van der Waals surface area contributed by atoms with E-state index in [1.807, 2.05) is 23.7 Å². The molecule has 2 heterocycles. The number of hydrazine groups is 1. The van der Waals surface area contributed by atoms with Gasteiger partial charge in [-0.05, 0) is 54.1 Å². The number of rotatable bonds is 6. The summed E-state index contributed by atoms with van der Waals surface area (Å²) >= 11 is 1.54. The summed E-state index contributed by atoms with van der Waals surface area (Å²) in [5.41, 5.74) is 6.72. The number of hydrogen-bond acceptors (Lipinski definition) is 6. The van der Waals surface area contributed by atoms with Crippen LogP contribution in [0.5, 0.6) is 0 Å². The fourth-order valence-corrected chi connectivity index (χ4v) is 3.62. The molecule has 162 valence electrons. The fourth-order valence-electron chi connectivity index (χ4n) is 2.78. The van der Waals surface area contributed by atoms with Crippen LogP contribution in [0.15, 0.2) is 76.6 Å². The monoisotopic (exact) mass is 451 g/mol. The van der Waals surface area contributed by atoms with Crippen LogP contribution >= 0.6 is 11.8 Å². The number of halogens is 1. The highest BCUT2D eigenvalue weighted by atomic mass is 32.2. The van der Waals surface area contributed by atoms with Crippen molar-refractivity contribution in [2.45, 2.75) is 10.9 Å². The van der Waals surface area contributed by atoms with E-state index in [-0.39, 0.29) is 11.6 Å². The van der Waals surface area contributed by atoms with Gasteiger partial charge < -0.3 is 8.98 Å². The van der Waals surface area contributed by atoms with Gasteiger partial charge in [0.05, 0.1) is 0 Å². The molecule has 2 aromatic heterocycles. The third kappa shape index (κ3) is 5.03. The van der Waals surface area contributed by atoms with E-state index in [9.17, 15) is 14.0 Å². The third-order valence-electron chi connectivity index (χ3n) is 4.50. The predicted octanol–water partition coefficient (Wildman–Crippen LogP) is 3.58. The second-order valence-electron chi connectivity index (χ2n) is 6.79. The first-order valence-electron chi connectivity index (χ1n) is 9.52. The Bertz CT molecular complexity index is 1240. The number of carbonyl (C=O) groups excluding carboxylic acids is 2. The number of aromatic nitrogens is 3. The van der Waals surface area contributed by atoms with Gasteiger partial charge in [-0.15, -0.1) is 10.2 Å². The summed E-state index contributed by atoms with van der Waals surface area (Å²) in [6.45, 7) is 0. The van der Waals surface area contributed by atoms with Crippen molar-refractivity contribution < 1.29 is 18.4 Å². The predicted molar refractivity (Wildman–Crippen MR) is 116 cm³/mol. The Morgan fingerprint density at radius 3 is 2.41 bits per heavy atom. The summed E-state index contributed by atoms with van der Waals surface area (Å²) in [5, 5.41) is 8.65. The molecule has 0 atom stereocenters. The molecular weight excluding hydrogens is 433 g/mol. The average molecular weight is 451 g/mol. The number of furan rings is 1. The first-order chi connectivity index (χ1) is 15.5. The van der Waals surface area contributed by atoms with Crippen molar-refractivity contribution in [1.29, 1.82) is 0 Å². The van der Waals surface area contributed by atoms with E-state index < -0.39 is 11.8 Å². The van der Waals surface area contributed by atoms with Crippen molar-refractivity contribution in [3.63, 3.8) is 0 Å². The maximum Gasteiger partial charge on any atom is 0.305 e. The maximum atomic E-state index is 13.0. The zero-order valence-corrected chi connectivity index (χ0v) is 17.7. The summed E-state index contributed by atoms with van der Waals surface area (Å²) in [5.74, 6) is -0.324. The second-order valence-corrected chi connectivity index (χ2v) is 7.73. The summed E-state index contributed by atoms with van der Waals surface area (Å²) in [4.78, 5) is 24.6. The number of amides is 2. The van der Waals surface area contributed by atoms with Gasteiger partial charge >= 0.3 is 5.91 Å². The molecule has 2 N–H and O–H groups in total. The summed E-state index contributed by atoms with van der Waals surface area (Å²) in [7, 11) is 1.87. The van der Waals surface area contributed by atoms with Gasteiger partial charge in [0.1, 0.15) is 17.9 Å². The van der Waals surface area contributed by atoms with Crippen LogP contribution < -0.4 is 10.9 Å². The Morgan fingerprint density at radius 2 is 1.72 bits per heavy atom. The van der Waals surface area contributed by atoms with Gasteiger partial charge in [0.15, 0.2) is 10.9 Å². The molecular formula is C22H18FN5O3S. The van der Waals surface area contributed by atoms with Gasteiger partial charge in [-0.2, -0.15) is 0 Å². The minimum atomic E-state index is -0.608. The molecule has 0 saturated carbocycles. The highest BCUT2D eigenvalue weighted by molar-refractivity contribution is 7.98. The van der Waals surface area contributed by atoms with Crippen molar-refractivity contribution in [2.24, 2.45) is 7.05 Å². The van der Waals surface area contributed by atoms with E-state index in [2.05, 4.69) is 21.0 Å². The molecule has 0 radical (unpaired) electrons. The number of thioether (sulfide) groups is 1. The molecule has 4 aromatic rings. The van der Waals surface area contributed by atoms with Crippen LogP contribution in [0, 0.1) is 5.82 Å². The van der Waals surface area contributed by atoms with E-state index in [1.165, 1.54) is 30.0 Å². The molecule has 0 saturated heterocycles. The minimum absolute atomic E-state index is 0.0146. The first kappa shape index (κ1) is 21.3. The molecule has 32 heavy (non-hydrogen) atoms. The highest BCUT2D eigenvalue weighted by Gasteiger charge is 2.14. The van der Waals surface area contributed by atoms with Gasteiger partial charge in [0, 0.05) is 23.9 Å². The van der Waals surface area contributed by atoms with Crippen LogP contribution in [0.4, 0.5) is 4.39 Å². The Balaban J connectivity index is 1.30. The molecule has 0 fully saturated rings. The Kier molecular flexibility index (Phi) is 6.31. The quantitative estimate of drug-likeness (QED) is 0.343. The zero-order valence-electron chi connectivity index (χ0n) is 16.9. The fraction of sp³-hybridized carbons (Fsp3) is 0.0909. The number of nitrogens with zero attached hydrogens (tertiary/aromatic N) is 3. The molecule has 0 bridgehead atoms. The molecule has 4 rings (SSSR count). The SMILES string of the molecule is Cn1cnnc1SCc1ccc(C(=O)NNC(=O)c2ccc(-c3ccc(F)cc3)o2)cc1. The normalized spacial score (nSPS) is 10.7. The topological polar surface area (TPSA) is 102 Å². The average Bonchev–Trinajstić information content (AvgIpc) is 3.46. The molecule has 0 aliphatic carbocycles. The molecule has 0 spiro atoms. The lowest BCUT2D eigenvalue weighted by molar-refractivity contribution is 0.0831. The number of aryl methyl sites for hydroxylation is 1. The largest absolute Gasteiger partial charge is 0.451 e. The van der Waals surface area contributed by atoms with Crippen LogP contribution in [-0.2, 0) is 12.8 Å². The third-order valence-corrected chi connectivity index (χ3v) is 5.61. The van der Waals surface area contributed by atoms with Gasteiger partial charge in [-0.25, -0.2) is 4.39 Å². The molecule has 0 aliphatic heterocycles. The second kappa shape index (κ2) is 9.48. The van der Waals surface area contributed by atoms with E-state index in [0.29, 0.717) is 22.6 Å². The van der Waals surface area contributed by atoms with E-state index in [4.69, 9.17) is 4.42 Å². The van der Waals surface area contributed by atoms with Crippen molar-refractivity contribution >= 4 is 23.6 Å². The Hall–Kier alpha value is -3.92. The van der Waals surface area contributed by atoms with Gasteiger partial charge in [0.2, 0.25) is 0 Å². The lowest BCUT2D eigenvalue weighted by atomic mass is 10.1. The van der Waals surface area contributed by atoms with Crippen LogP contribution in [0.2, 0.25) is 0 Å². The Morgan fingerprint density at radius 1 is 1.00 bits per heavy atom. The molecule has 10 heteroatoms. The summed E-state index contributed by atoms with van der Waals surface area (Å²) in [6.07, 6.45) is 1.64. The minimum Gasteiger partial charge on any atom is -0.451 e. The zero-order chi connectivity index (χ0) is 22.5. The standard InChI is InChI=1S/C22H18FN5O3S/c1-28-13-24-27-22(28)32-12-14-2-4-16(5-3-14)20(29)25-26-21(30)19-11-10-18(31-19)15-6-8-17(23)9-7-15/h2-11,13H,12H2,1H3,(H,25,29)(H,26,30). The smallest absolute Gasteiger partial charge is 0.305 e. The lowest BCUT2D eigenvalue weighted by Crippen LogP contribution is -2.41. The molecule has 2 amide bonds. The van der Waals surface area contributed by atoms with Gasteiger partial charge in [0.25, 0.3) is 5.91 Å². The highest BCUT2D eigenvalue weighted by Crippen LogP contribution is 2.22. The molecule has 0 aliphatic rings. The van der Waals surface area contributed by atoms with E-state index in [0.717, 1.165) is 10.7 Å². The first-order valence-corrected chi connectivity index (χ1v) is 10.5. The number of hydrogen-bond donors (Lipinski definition) is 2. The van der Waals surface area contributed by atoms with Crippen LogP contribution in [0.3, 0.4) is 0 Å². The van der Waals surface area contributed by atoms with E-state index in [1.54, 1.807) is 36.7 Å². The van der Waals surface area contributed by atoms with Crippen LogP contribution in [-0.4, -0.2) is 26.6 Å². The van der Waals surface area contributed by atoms with Gasteiger partial charge in [-0.3, -0.25) is 20.4 Å². The molecule has 8 nitrogen and oxygen atoms in total. The van der Waals surface area contributed by atoms with Crippen LogP contribution in [0.25, 0.3) is 11.3 Å². The number of nitrogens with one attached hydrogen (secondary N) is 2. The van der Waals surface area contributed by atoms with E-state index >= 15 is 0 Å². The number of benzene rings is 2. The maximum absolute atomic E-state index is 13.0.